The molecule has 0 aromatic rings. The monoisotopic (exact) mass is 216 g/mol. The molecule has 0 rings (SSSR count). The van der Waals surface area contributed by atoms with Crippen molar-refractivity contribution in [3.63, 3.8) is 0 Å². The van der Waals surface area contributed by atoms with Crippen LogP contribution in [0, 0.1) is 0 Å². The lowest BCUT2D eigenvalue weighted by molar-refractivity contribution is 0.113. The third-order valence-electron chi connectivity index (χ3n) is 3.19. The zero-order valence-corrected chi connectivity index (χ0v) is 10.9. The molecule has 0 spiro atoms. The Morgan fingerprint density at radius 3 is 1.47 bits per heavy atom. The Balaban J connectivity index is 3.89. The van der Waals surface area contributed by atoms with Crippen molar-refractivity contribution in [1.29, 1.82) is 0 Å². The molecule has 0 nitrogen and oxygen atoms in total. The van der Waals surface area contributed by atoms with Gasteiger partial charge in [0, 0.05) is 0 Å². The van der Waals surface area contributed by atoms with Crippen LogP contribution in [0.1, 0.15) is 85.0 Å². The lowest BCUT2D eigenvalue weighted by atomic mass is 9.87. The maximum atomic E-state index is 14.5. The molecule has 0 saturated heterocycles. The van der Waals surface area contributed by atoms with Gasteiger partial charge in [-0.05, 0) is 19.3 Å². The van der Waals surface area contributed by atoms with Gasteiger partial charge >= 0.3 is 0 Å². The second-order valence-electron chi connectivity index (χ2n) is 4.82. The molecule has 0 N–H and O–H groups in total. The fraction of sp³-hybridized carbons (Fsp3) is 1.00. The first-order valence-electron chi connectivity index (χ1n) is 6.87. The smallest absolute Gasteiger partial charge is 0.111 e. The van der Waals surface area contributed by atoms with Gasteiger partial charge in [0.1, 0.15) is 5.67 Å². The molecule has 0 radical (unpaired) electrons. The molecule has 0 unspecified atom stereocenters. The van der Waals surface area contributed by atoms with Crippen molar-refractivity contribution >= 4 is 0 Å². The largest absolute Gasteiger partial charge is 0.244 e. The van der Waals surface area contributed by atoms with Crippen LogP contribution in [0.15, 0.2) is 0 Å². The van der Waals surface area contributed by atoms with E-state index in [0.29, 0.717) is 0 Å². The molecule has 0 aliphatic rings. The van der Waals surface area contributed by atoms with Crippen molar-refractivity contribution in [1.82, 2.24) is 0 Å². The molecule has 0 heterocycles. The van der Waals surface area contributed by atoms with E-state index in [4.69, 9.17) is 0 Å². The van der Waals surface area contributed by atoms with E-state index in [1.807, 2.05) is 0 Å². The fourth-order valence-corrected chi connectivity index (χ4v) is 2.05. The molecule has 0 aromatic heterocycles. The SMILES string of the molecule is CCCCCC(F)(CCCC)CCCC. The lowest BCUT2D eigenvalue weighted by Gasteiger charge is -2.25. The normalized spacial score (nSPS) is 12.0. The third kappa shape index (κ3) is 7.81. The van der Waals surface area contributed by atoms with Gasteiger partial charge in [-0.2, -0.15) is 0 Å². The molecular weight excluding hydrogens is 187 g/mol. The molecule has 92 valence electrons. The molecule has 0 fully saturated rings. The van der Waals surface area contributed by atoms with Crippen LogP contribution in [-0.2, 0) is 0 Å². The van der Waals surface area contributed by atoms with E-state index in [2.05, 4.69) is 20.8 Å². The molecule has 1 heteroatoms. The first-order valence-corrected chi connectivity index (χ1v) is 6.87. The molecule has 0 aliphatic carbocycles. The van der Waals surface area contributed by atoms with Crippen LogP contribution in [0.25, 0.3) is 0 Å². The summed E-state index contributed by atoms with van der Waals surface area (Å²) < 4.78 is 14.5. The summed E-state index contributed by atoms with van der Waals surface area (Å²) in [5.74, 6) is 0. The zero-order valence-electron chi connectivity index (χ0n) is 10.9. The summed E-state index contributed by atoms with van der Waals surface area (Å²) >= 11 is 0. The predicted molar refractivity (Wildman–Crippen MR) is 67.0 cm³/mol. The Bertz CT molecular complexity index is 123. The molecule has 0 amide bonds. The van der Waals surface area contributed by atoms with Gasteiger partial charge in [0.2, 0.25) is 0 Å². The Morgan fingerprint density at radius 2 is 1.07 bits per heavy atom. The van der Waals surface area contributed by atoms with Crippen LogP contribution in [0.4, 0.5) is 4.39 Å². The van der Waals surface area contributed by atoms with E-state index in [-0.39, 0.29) is 0 Å². The van der Waals surface area contributed by atoms with Crippen molar-refractivity contribution in [3.8, 4) is 0 Å². The summed E-state index contributed by atoms with van der Waals surface area (Å²) in [6.45, 7) is 6.47. The summed E-state index contributed by atoms with van der Waals surface area (Å²) in [7, 11) is 0. The van der Waals surface area contributed by atoms with E-state index in [1.165, 1.54) is 12.8 Å². The Kier molecular flexibility index (Phi) is 9.13. The standard InChI is InChI=1S/C14H29F/c1-4-7-10-13-14(15,11-8-5-2)12-9-6-3/h4-13H2,1-3H3. The molecule has 0 bridgehead atoms. The summed E-state index contributed by atoms with van der Waals surface area (Å²) in [5.41, 5.74) is -0.846. The van der Waals surface area contributed by atoms with Gasteiger partial charge in [-0.1, -0.05) is 65.7 Å². The second kappa shape index (κ2) is 9.18. The van der Waals surface area contributed by atoms with Crippen molar-refractivity contribution in [2.75, 3.05) is 0 Å². The summed E-state index contributed by atoms with van der Waals surface area (Å²) in [6, 6.07) is 0. The number of halogens is 1. The number of hydrogen-bond acceptors (Lipinski definition) is 0. The predicted octanol–water partition coefficient (Wildman–Crippen LogP) is 5.66. The maximum Gasteiger partial charge on any atom is 0.111 e. The molecule has 0 atom stereocenters. The Hall–Kier alpha value is -0.0700. The van der Waals surface area contributed by atoms with Crippen LogP contribution in [0.3, 0.4) is 0 Å². The number of unbranched alkanes of at least 4 members (excludes halogenated alkanes) is 4. The first-order chi connectivity index (χ1) is 7.18. The van der Waals surface area contributed by atoms with Gasteiger partial charge in [0.05, 0.1) is 0 Å². The van der Waals surface area contributed by atoms with Crippen molar-refractivity contribution < 1.29 is 4.39 Å². The minimum Gasteiger partial charge on any atom is -0.244 e. The maximum absolute atomic E-state index is 14.5. The first kappa shape index (κ1) is 14.9. The summed E-state index contributed by atoms with van der Waals surface area (Å²) in [4.78, 5) is 0. The lowest BCUT2D eigenvalue weighted by Crippen LogP contribution is -2.22. The van der Waals surface area contributed by atoms with Gasteiger partial charge in [-0.15, -0.1) is 0 Å². The number of hydrogen-bond donors (Lipinski definition) is 0. The highest BCUT2D eigenvalue weighted by Crippen LogP contribution is 2.31. The van der Waals surface area contributed by atoms with E-state index >= 15 is 0 Å². The van der Waals surface area contributed by atoms with Gasteiger partial charge in [0.25, 0.3) is 0 Å². The number of rotatable bonds is 10. The highest BCUT2D eigenvalue weighted by Gasteiger charge is 2.27. The second-order valence-corrected chi connectivity index (χ2v) is 4.82. The van der Waals surface area contributed by atoms with Gasteiger partial charge in [-0.25, -0.2) is 4.39 Å². The average molecular weight is 216 g/mol. The highest BCUT2D eigenvalue weighted by molar-refractivity contribution is 4.78. The fourth-order valence-electron chi connectivity index (χ4n) is 2.05. The van der Waals surface area contributed by atoms with Gasteiger partial charge < -0.3 is 0 Å². The van der Waals surface area contributed by atoms with E-state index in [1.54, 1.807) is 0 Å². The average Bonchev–Trinajstić information content (AvgIpc) is 2.24. The van der Waals surface area contributed by atoms with Crippen molar-refractivity contribution in [2.24, 2.45) is 0 Å². The summed E-state index contributed by atoms with van der Waals surface area (Å²) in [6.07, 6.45) is 10.1. The van der Waals surface area contributed by atoms with Gasteiger partial charge in [0.15, 0.2) is 0 Å². The molecule has 0 saturated carbocycles. The van der Waals surface area contributed by atoms with Crippen LogP contribution < -0.4 is 0 Å². The zero-order chi connectivity index (χ0) is 11.6. The van der Waals surface area contributed by atoms with Crippen LogP contribution >= 0.6 is 0 Å². The number of alkyl halides is 1. The molecule has 0 aromatic carbocycles. The Labute approximate surface area is 95.6 Å². The molecule has 15 heavy (non-hydrogen) atoms. The third-order valence-corrected chi connectivity index (χ3v) is 3.19. The van der Waals surface area contributed by atoms with E-state index < -0.39 is 5.67 Å². The molecule has 0 aliphatic heterocycles. The van der Waals surface area contributed by atoms with Crippen LogP contribution in [-0.4, -0.2) is 5.67 Å². The highest BCUT2D eigenvalue weighted by atomic mass is 19.1. The molecular formula is C14H29F. The van der Waals surface area contributed by atoms with Crippen molar-refractivity contribution in [3.05, 3.63) is 0 Å². The minimum absolute atomic E-state index is 0.785. The minimum atomic E-state index is -0.846. The van der Waals surface area contributed by atoms with E-state index in [0.717, 1.165) is 51.4 Å². The quantitative estimate of drug-likeness (QED) is 0.414. The van der Waals surface area contributed by atoms with E-state index in [9.17, 15) is 4.39 Å². The summed E-state index contributed by atoms with van der Waals surface area (Å²) in [5, 5.41) is 0. The Morgan fingerprint density at radius 1 is 0.667 bits per heavy atom. The van der Waals surface area contributed by atoms with Crippen LogP contribution in [0.5, 0.6) is 0 Å². The van der Waals surface area contributed by atoms with Crippen LogP contribution in [0.2, 0.25) is 0 Å². The topological polar surface area (TPSA) is 0 Å². The van der Waals surface area contributed by atoms with Crippen molar-refractivity contribution in [2.45, 2.75) is 90.6 Å². The van der Waals surface area contributed by atoms with Gasteiger partial charge in [-0.3, -0.25) is 0 Å².